The summed E-state index contributed by atoms with van der Waals surface area (Å²) >= 11 is 11.9. The van der Waals surface area contributed by atoms with Crippen LogP contribution >= 0.6 is 23.2 Å². The fraction of sp³-hybridized carbons (Fsp3) is 0. The van der Waals surface area contributed by atoms with Crippen LogP contribution in [0.1, 0.15) is 26.5 Å². The third-order valence-corrected chi connectivity index (χ3v) is 4.04. The Hall–Kier alpha value is -3.09. The first-order valence-corrected chi connectivity index (χ1v) is 8.52. The van der Waals surface area contributed by atoms with Gasteiger partial charge in [0, 0.05) is 21.8 Å². The lowest BCUT2D eigenvalue weighted by Gasteiger charge is -2.05. The van der Waals surface area contributed by atoms with Gasteiger partial charge in [0.15, 0.2) is 5.76 Å². The molecule has 1 heterocycles. The second kappa shape index (κ2) is 8.53. The Bertz CT molecular complexity index is 984. The van der Waals surface area contributed by atoms with Gasteiger partial charge in [0.1, 0.15) is 0 Å². The van der Waals surface area contributed by atoms with Crippen molar-refractivity contribution in [2.24, 2.45) is 5.10 Å². The number of hydrogen-bond donors (Lipinski definition) is 2. The zero-order valence-corrected chi connectivity index (χ0v) is 15.3. The summed E-state index contributed by atoms with van der Waals surface area (Å²) in [5, 5.41) is 7.49. The highest BCUT2D eigenvalue weighted by atomic mass is 35.5. The predicted molar refractivity (Wildman–Crippen MR) is 105 cm³/mol. The van der Waals surface area contributed by atoms with Crippen molar-refractivity contribution in [3.63, 3.8) is 0 Å². The van der Waals surface area contributed by atoms with E-state index in [1.807, 2.05) is 0 Å². The van der Waals surface area contributed by atoms with Crippen molar-refractivity contribution >= 4 is 46.9 Å². The molecule has 0 bridgehead atoms. The zero-order valence-electron chi connectivity index (χ0n) is 13.8. The van der Waals surface area contributed by atoms with E-state index in [9.17, 15) is 9.59 Å². The van der Waals surface area contributed by atoms with Gasteiger partial charge in [0.2, 0.25) is 0 Å². The molecule has 8 heteroatoms. The molecule has 3 rings (SSSR count). The van der Waals surface area contributed by atoms with Gasteiger partial charge >= 0.3 is 0 Å². The topological polar surface area (TPSA) is 83.7 Å². The highest BCUT2D eigenvalue weighted by Crippen LogP contribution is 2.19. The summed E-state index contributed by atoms with van der Waals surface area (Å²) in [5.41, 5.74) is 3.94. The molecular formula is C19H13Cl2N3O3. The summed E-state index contributed by atoms with van der Waals surface area (Å²) in [5.74, 6) is -0.575. The summed E-state index contributed by atoms with van der Waals surface area (Å²) in [6, 6.07) is 14.5. The number of amides is 2. The Kier molecular flexibility index (Phi) is 5.90. The molecule has 2 amide bonds. The van der Waals surface area contributed by atoms with Crippen LogP contribution < -0.4 is 10.7 Å². The van der Waals surface area contributed by atoms with Gasteiger partial charge in [-0.2, -0.15) is 5.10 Å². The third kappa shape index (κ3) is 4.97. The maximum atomic E-state index is 12.1. The van der Waals surface area contributed by atoms with Crippen molar-refractivity contribution < 1.29 is 14.0 Å². The van der Waals surface area contributed by atoms with Crippen LogP contribution in [0.3, 0.4) is 0 Å². The monoisotopic (exact) mass is 401 g/mol. The Morgan fingerprint density at radius 2 is 1.78 bits per heavy atom. The molecule has 0 aliphatic carbocycles. The summed E-state index contributed by atoms with van der Waals surface area (Å²) < 4.78 is 5.02. The minimum Gasteiger partial charge on any atom is -0.459 e. The molecule has 0 saturated carbocycles. The number of carbonyl (C=O) groups excluding carboxylic acids is 2. The number of anilines is 1. The number of hydrazone groups is 1. The summed E-state index contributed by atoms with van der Waals surface area (Å²) in [4.78, 5) is 24.0. The van der Waals surface area contributed by atoms with E-state index >= 15 is 0 Å². The smallest absolute Gasteiger partial charge is 0.291 e. The number of hydrogen-bond acceptors (Lipinski definition) is 4. The minimum atomic E-state index is -0.403. The van der Waals surface area contributed by atoms with Crippen LogP contribution in [-0.2, 0) is 0 Å². The number of furan rings is 1. The van der Waals surface area contributed by atoms with Gasteiger partial charge in [-0.3, -0.25) is 9.59 Å². The summed E-state index contributed by atoms with van der Waals surface area (Å²) in [6.07, 6.45) is 2.84. The molecule has 1 aromatic heterocycles. The van der Waals surface area contributed by atoms with Crippen LogP contribution in [0.2, 0.25) is 10.0 Å². The van der Waals surface area contributed by atoms with Crippen LogP contribution in [0, 0.1) is 0 Å². The van der Waals surface area contributed by atoms with Gasteiger partial charge in [0.05, 0.1) is 17.5 Å². The van der Waals surface area contributed by atoms with Gasteiger partial charge < -0.3 is 9.73 Å². The molecule has 0 saturated heterocycles. The van der Waals surface area contributed by atoms with Crippen molar-refractivity contribution in [1.82, 2.24) is 5.43 Å². The van der Waals surface area contributed by atoms with Gasteiger partial charge in [-0.25, -0.2) is 5.43 Å². The van der Waals surface area contributed by atoms with Crippen molar-refractivity contribution in [3.8, 4) is 0 Å². The largest absolute Gasteiger partial charge is 0.459 e. The van der Waals surface area contributed by atoms with Crippen LogP contribution in [0.25, 0.3) is 0 Å². The fourth-order valence-electron chi connectivity index (χ4n) is 2.14. The maximum Gasteiger partial charge on any atom is 0.291 e. The number of rotatable bonds is 5. The maximum absolute atomic E-state index is 12.1. The summed E-state index contributed by atoms with van der Waals surface area (Å²) in [6.45, 7) is 0. The Balaban J connectivity index is 1.58. The molecule has 0 spiro atoms. The first-order chi connectivity index (χ1) is 13.0. The molecule has 0 fully saturated rings. The van der Waals surface area contributed by atoms with Crippen LogP contribution in [0.15, 0.2) is 70.4 Å². The Labute approximate surface area is 164 Å². The highest BCUT2D eigenvalue weighted by molar-refractivity contribution is 6.36. The van der Waals surface area contributed by atoms with E-state index in [4.69, 9.17) is 27.6 Å². The van der Waals surface area contributed by atoms with Crippen molar-refractivity contribution in [2.45, 2.75) is 0 Å². The molecule has 0 aliphatic heterocycles. The average Bonchev–Trinajstić information content (AvgIpc) is 3.19. The van der Waals surface area contributed by atoms with Crippen LogP contribution in [0.4, 0.5) is 5.69 Å². The summed E-state index contributed by atoms with van der Waals surface area (Å²) in [7, 11) is 0. The second-order valence-corrected chi connectivity index (χ2v) is 6.22. The van der Waals surface area contributed by atoms with E-state index in [1.54, 1.807) is 54.6 Å². The number of nitrogens with zero attached hydrogens (tertiary/aromatic N) is 1. The van der Waals surface area contributed by atoms with E-state index in [0.29, 0.717) is 26.9 Å². The first kappa shape index (κ1) is 18.7. The lowest BCUT2D eigenvalue weighted by atomic mass is 10.2. The molecule has 0 radical (unpaired) electrons. The number of halogens is 2. The quantitative estimate of drug-likeness (QED) is 0.483. The lowest BCUT2D eigenvalue weighted by Crippen LogP contribution is -2.17. The van der Waals surface area contributed by atoms with Crippen LogP contribution in [-0.4, -0.2) is 18.0 Å². The molecule has 6 nitrogen and oxygen atoms in total. The van der Waals surface area contributed by atoms with E-state index < -0.39 is 5.91 Å². The Morgan fingerprint density at radius 1 is 1.00 bits per heavy atom. The van der Waals surface area contributed by atoms with E-state index in [-0.39, 0.29) is 11.7 Å². The number of carbonyl (C=O) groups is 2. The van der Waals surface area contributed by atoms with E-state index in [2.05, 4.69) is 15.8 Å². The van der Waals surface area contributed by atoms with Gasteiger partial charge in [-0.15, -0.1) is 0 Å². The molecule has 0 atom stereocenters. The van der Waals surface area contributed by atoms with Crippen LogP contribution in [0.5, 0.6) is 0 Å². The van der Waals surface area contributed by atoms with Gasteiger partial charge in [-0.05, 0) is 48.5 Å². The first-order valence-electron chi connectivity index (χ1n) is 7.76. The van der Waals surface area contributed by atoms with E-state index in [0.717, 1.165) is 0 Å². The molecule has 0 unspecified atom stereocenters. The van der Waals surface area contributed by atoms with Gasteiger partial charge in [0.25, 0.3) is 11.8 Å². The molecular weight excluding hydrogens is 389 g/mol. The number of nitrogens with one attached hydrogen (secondary N) is 2. The minimum absolute atomic E-state index is 0.201. The van der Waals surface area contributed by atoms with Crippen molar-refractivity contribution in [3.05, 3.63) is 87.8 Å². The second-order valence-electron chi connectivity index (χ2n) is 5.37. The lowest BCUT2D eigenvalue weighted by molar-refractivity contribution is 0.0954. The molecule has 2 N–H and O–H groups in total. The molecule has 27 heavy (non-hydrogen) atoms. The van der Waals surface area contributed by atoms with Gasteiger partial charge in [-0.1, -0.05) is 29.3 Å². The highest BCUT2D eigenvalue weighted by Gasteiger charge is 2.09. The molecule has 0 aliphatic rings. The average molecular weight is 402 g/mol. The molecule has 3 aromatic rings. The zero-order chi connectivity index (χ0) is 19.2. The van der Waals surface area contributed by atoms with E-state index in [1.165, 1.54) is 12.5 Å². The standard InChI is InChI=1S/C19H13Cl2N3O3/c20-14-6-3-13(16(21)10-14)11-22-24-18(25)12-4-7-15(8-5-12)23-19(26)17-2-1-9-27-17/h1-11H,(H,23,26)(H,24,25)/b22-11-. The molecule has 136 valence electrons. The van der Waals surface area contributed by atoms with Crippen molar-refractivity contribution in [1.29, 1.82) is 0 Å². The van der Waals surface area contributed by atoms with Crippen molar-refractivity contribution in [2.75, 3.05) is 5.32 Å². The molecule has 2 aromatic carbocycles. The predicted octanol–water partition coefficient (Wildman–Crippen LogP) is 4.60. The normalized spacial score (nSPS) is 10.7. The fourth-order valence-corrected chi connectivity index (χ4v) is 2.59. The third-order valence-electron chi connectivity index (χ3n) is 3.48. The Morgan fingerprint density at radius 3 is 2.44 bits per heavy atom. The number of benzene rings is 2. The SMILES string of the molecule is O=C(N/N=C\c1ccc(Cl)cc1Cl)c1ccc(NC(=O)c2ccco2)cc1.